The van der Waals surface area contributed by atoms with Crippen molar-refractivity contribution in [2.45, 2.75) is 44.7 Å². The van der Waals surface area contributed by atoms with Crippen molar-refractivity contribution < 1.29 is 13.5 Å². The Balaban J connectivity index is 1.50. The molecule has 0 aromatic carbocycles. The number of anilines is 1. The summed E-state index contributed by atoms with van der Waals surface area (Å²) in [7, 11) is 1.65. The molecule has 1 saturated carbocycles. The van der Waals surface area contributed by atoms with Crippen LogP contribution in [0, 0.1) is 6.92 Å². The summed E-state index contributed by atoms with van der Waals surface area (Å²) in [6.07, 6.45) is 5.03. The van der Waals surface area contributed by atoms with E-state index in [9.17, 15) is 8.78 Å². The lowest BCUT2D eigenvalue weighted by molar-refractivity contribution is -0.103. The normalized spacial score (nSPS) is 17.2. The van der Waals surface area contributed by atoms with Gasteiger partial charge in [-0.15, -0.1) is 5.10 Å². The molecule has 0 bridgehead atoms. The fourth-order valence-electron chi connectivity index (χ4n) is 4.23. The molecule has 0 amide bonds. The SMILES string of the molecule is COC[C@@H](C)Nc1ncc2c(-c3cnc4nc(C)n(C5CC(F)(F)C5)c4c3)ccn2n1. The van der Waals surface area contributed by atoms with Crippen LogP contribution in [0.15, 0.2) is 30.7 Å². The van der Waals surface area contributed by atoms with E-state index < -0.39 is 5.92 Å². The number of fused-ring (bicyclic) bond motifs is 2. The van der Waals surface area contributed by atoms with Crippen LogP contribution in [0.1, 0.15) is 31.6 Å². The number of rotatable bonds is 6. The molecule has 4 aromatic rings. The van der Waals surface area contributed by atoms with E-state index in [1.54, 1.807) is 24.0 Å². The topological polar surface area (TPSA) is 82.2 Å². The third-order valence-corrected chi connectivity index (χ3v) is 5.68. The predicted octanol–water partition coefficient (Wildman–Crippen LogP) is 3.87. The molecule has 0 saturated heterocycles. The second-order valence-electron chi connectivity index (χ2n) is 8.16. The van der Waals surface area contributed by atoms with Gasteiger partial charge in [0.2, 0.25) is 5.95 Å². The van der Waals surface area contributed by atoms with Crippen LogP contribution >= 0.6 is 0 Å². The van der Waals surface area contributed by atoms with Gasteiger partial charge in [0.15, 0.2) is 5.65 Å². The highest BCUT2D eigenvalue weighted by Crippen LogP contribution is 2.47. The summed E-state index contributed by atoms with van der Waals surface area (Å²) in [5, 5.41) is 7.71. The summed E-state index contributed by atoms with van der Waals surface area (Å²) in [6, 6.07) is 3.72. The minimum Gasteiger partial charge on any atom is -0.383 e. The Morgan fingerprint density at radius 3 is 2.81 bits per heavy atom. The second kappa shape index (κ2) is 7.23. The zero-order valence-corrected chi connectivity index (χ0v) is 17.5. The summed E-state index contributed by atoms with van der Waals surface area (Å²) < 4.78 is 35.7. The van der Waals surface area contributed by atoms with Crippen LogP contribution in [-0.4, -0.2) is 54.8 Å². The summed E-state index contributed by atoms with van der Waals surface area (Å²) >= 11 is 0. The molecule has 1 aliphatic carbocycles. The molecule has 1 fully saturated rings. The highest BCUT2D eigenvalue weighted by atomic mass is 19.3. The van der Waals surface area contributed by atoms with E-state index in [-0.39, 0.29) is 24.9 Å². The highest BCUT2D eigenvalue weighted by molar-refractivity contribution is 5.85. The van der Waals surface area contributed by atoms with Gasteiger partial charge < -0.3 is 14.6 Å². The summed E-state index contributed by atoms with van der Waals surface area (Å²) in [4.78, 5) is 13.4. The number of hydrogen-bond acceptors (Lipinski definition) is 6. The van der Waals surface area contributed by atoms with Crippen LogP contribution < -0.4 is 5.32 Å². The molecule has 0 spiro atoms. The molecule has 0 unspecified atom stereocenters. The predicted molar refractivity (Wildman–Crippen MR) is 112 cm³/mol. The zero-order valence-electron chi connectivity index (χ0n) is 17.5. The smallest absolute Gasteiger partial charge is 0.252 e. The molecule has 1 aliphatic rings. The van der Waals surface area contributed by atoms with Gasteiger partial charge in [0, 0.05) is 55.6 Å². The van der Waals surface area contributed by atoms with Gasteiger partial charge in [0.05, 0.1) is 23.8 Å². The molecule has 0 radical (unpaired) electrons. The van der Waals surface area contributed by atoms with Crippen molar-refractivity contribution in [3.8, 4) is 11.1 Å². The third-order valence-electron chi connectivity index (χ3n) is 5.68. The van der Waals surface area contributed by atoms with Crippen molar-refractivity contribution in [2.75, 3.05) is 19.0 Å². The second-order valence-corrected chi connectivity index (χ2v) is 8.16. The number of ether oxygens (including phenoxy) is 1. The Kier molecular flexibility index (Phi) is 4.62. The largest absolute Gasteiger partial charge is 0.383 e. The Morgan fingerprint density at radius 2 is 2.06 bits per heavy atom. The van der Waals surface area contributed by atoms with Gasteiger partial charge in [-0.25, -0.2) is 28.2 Å². The van der Waals surface area contributed by atoms with Gasteiger partial charge in [0.25, 0.3) is 5.92 Å². The number of alkyl halides is 2. The number of pyridine rings is 1. The minimum absolute atomic E-state index is 0.0755. The van der Waals surface area contributed by atoms with Gasteiger partial charge in [0.1, 0.15) is 5.82 Å². The fourth-order valence-corrected chi connectivity index (χ4v) is 4.23. The third kappa shape index (κ3) is 3.50. The number of aromatic nitrogens is 6. The first kappa shape index (κ1) is 19.8. The molecule has 5 rings (SSSR count). The number of aryl methyl sites for hydroxylation is 1. The van der Waals surface area contributed by atoms with Crippen molar-refractivity contribution in [2.24, 2.45) is 0 Å². The molecule has 0 aliphatic heterocycles. The van der Waals surface area contributed by atoms with E-state index in [1.165, 1.54) is 0 Å². The Labute approximate surface area is 177 Å². The van der Waals surface area contributed by atoms with Gasteiger partial charge in [-0.3, -0.25) is 0 Å². The highest BCUT2D eigenvalue weighted by Gasteiger charge is 2.47. The molecule has 4 aromatic heterocycles. The first-order valence-corrected chi connectivity index (χ1v) is 10.2. The average Bonchev–Trinajstić information content (AvgIpc) is 3.25. The first-order valence-electron chi connectivity index (χ1n) is 10.2. The lowest BCUT2D eigenvalue weighted by Gasteiger charge is -2.36. The van der Waals surface area contributed by atoms with Crippen molar-refractivity contribution >= 4 is 22.6 Å². The minimum atomic E-state index is -2.60. The molecule has 10 heteroatoms. The molecule has 31 heavy (non-hydrogen) atoms. The van der Waals surface area contributed by atoms with Gasteiger partial charge in [-0.1, -0.05) is 0 Å². The van der Waals surface area contributed by atoms with Crippen LogP contribution in [-0.2, 0) is 4.74 Å². The quantitative estimate of drug-likeness (QED) is 0.503. The van der Waals surface area contributed by atoms with E-state index in [0.717, 1.165) is 22.2 Å². The van der Waals surface area contributed by atoms with Crippen LogP contribution in [0.25, 0.3) is 27.8 Å². The molecular weight excluding hydrogens is 404 g/mol. The number of halogens is 2. The van der Waals surface area contributed by atoms with Gasteiger partial charge in [-0.2, -0.15) is 0 Å². The number of imidazole rings is 1. The van der Waals surface area contributed by atoms with Crippen molar-refractivity contribution in [3.63, 3.8) is 0 Å². The molecule has 1 atom stereocenters. The van der Waals surface area contributed by atoms with E-state index in [4.69, 9.17) is 4.74 Å². The first-order chi connectivity index (χ1) is 14.8. The molecule has 1 N–H and O–H groups in total. The molecule has 162 valence electrons. The van der Waals surface area contributed by atoms with Gasteiger partial charge >= 0.3 is 0 Å². The molecule has 4 heterocycles. The van der Waals surface area contributed by atoms with Crippen LogP contribution in [0.2, 0.25) is 0 Å². The lowest BCUT2D eigenvalue weighted by Crippen LogP contribution is -2.37. The number of methoxy groups -OCH3 is 1. The van der Waals surface area contributed by atoms with Crippen LogP contribution in [0.5, 0.6) is 0 Å². The zero-order chi connectivity index (χ0) is 21.8. The monoisotopic (exact) mass is 427 g/mol. The number of nitrogens with zero attached hydrogens (tertiary/aromatic N) is 6. The molecular formula is C21H23F2N7O. The van der Waals surface area contributed by atoms with E-state index in [2.05, 4.69) is 25.4 Å². The number of hydrogen-bond donors (Lipinski definition) is 1. The van der Waals surface area contributed by atoms with Crippen molar-refractivity contribution in [3.05, 3.63) is 36.5 Å². The van der Waals surface area contributed by atoms with Crippen molar-refractivity contribution in [1.29, 1.82) is 0 Å². The van der Waals surface area contributed by atoms with Gasteiger partial charge in [-0.05, 0) is 26.0 Å². The van der Waals surface area contributed by atoms with E-state index in [0.29, 0.717) is 24.0 Å². The van der Waals surface area contributed by atoms with Crippen molar-refractivity contribution in [1.82, 2.24) is 29.1 Å². The summed E-state index contributed by atoms with van der Waals surface area (Å²) in [5.41, 5.74) is 3.93. The fraction of sp³-hybridized carbons (Fsp3) is 0.429. The summed E-state index contributed by atoms with van der Waals surface area (Å²) in [6.45, 7) is 4.37. The standard InChI is InChI=1S/C21H23F2N7O/c1-12(11-31-3)26-20-25-10-18-16(4-5-29(18)28-20)14-6-17-19(24-9-14)27-13(2)30(17)15-7-21(22,23)8-15/h4-6,9-10,12,15H,7-8,11H2,1-3H3,(H,26,28)/t12-/m1/s1. The van der Waals surface area contributed by atoms with E-state index in [1.807, 2.05) is 36.7 Å². The summed E-state index contributed by atoms with van der Waals surface area (Å²) in [5.74, 6) is -1.39. The molecule has 8 nitrogen and oxygen atoms in total. The Bertz CT molecular complexity index is 1260. The van der Waals surface area contributed by atoms with E-state index >= 15 is 0 Å². The maximum Gasteiger partial charge on any atom is 0.252 e. The maximum atomic E-state index is 13.5. The van der Waals surface area contributed by atoms with Crippen LogP contribution in [0.4, 0.5) is 14.7 Å². The Morgan fingerprint density at radius 1 is 1.26 bits per heavy atom. The average molecular weight is 427 g/mol. The lowest BCUT2D eigenvalue weighted by atomic mass is 9.87. The van der Waals surface area contributed by atoms with Crippen LogP contribution in [0.3, 0.4) is 0 Å². The Hall–Kier alpha value is -3.14. The maximum absolute atomic E-state index is 13.5. The number of nitrogens with one attached hydrogen (secondary N) is 1.